The van der Waals surface area contributed by atoms with Gasteiger partial charge in [0.1, 0.15) is 5.76 Å². The van der Waals surface area contributed by atoms with Crippen LogP contribution in [0.1, 0.15) is 18.6 Å². The molecule has 1 aliphatic rings. The molecule has 2 heterocycles. The Morgan fingerprint density at radius 1 is 1.62 bits per heavy atom. The number of furan rings is 1. The molecule has 0 saturated carbocycles. The monoisotopic (exact) mass is 181 g/mol. The van der Waals surface area contributed by atoms with Crippen LogP contribution in [0.25, 0.3) is 0 Å². The third kappa shape index (κ3) is 1.76. The van der Waals surface area contributed by atoms with Crippen molar-refractivity contribution in [3.8, 4) is 0 Å². The van der Waals surface area contributed by atoms with Gasteiger partial charge in [-0.2, -0.15) is 0 Å². The van der Waals surface area contributed by atoms with E-state index in [1.807, 2.05) is 12.1 Å². The lowest BCUT2D eigenvalue weighted by Crippen LogP contribution is -2.45. The van der Waals surface area contributed by atoms with Crippen LogP contribution in [0.5, 0.6) is 0 Å². The number of hydrogen-bond acceptors (Lipinski definition) is 3. The normalized spacial score (nSPS) is 28.1. The van der Waals surface area contributed by atoms with E-state index in [9.17, 15) is 5.11 Å². The van der Waals surface area contributed by atoms with E-state index in [4.69, 9.17) is 4.42 Å². The van der Waals surface area contributed by atoms with Crippen molar-refractivity contribution in [2.24, 2.45) is 0 Å². The van der Waals surface area contributed by atoms with E-state index in [-0.39, 0.29) is 12.1 Å². The molecule has 0 aliphatic carbocycles. The number of aliphatic hydroxyl groups excluding tert-OH is 1. The smallest absolute Gasteiger partial charge is 0.105 e. The number of hydrogen-bond donors (Lipinski definition) is 2. The zero-order chi connectivity index (χ0) is 9.15. The van der Waals surface area contributed by atoms with Crippen LogP contribution >= 0.6 is 0 Å². The molecule has 3 heteroatoms. The molecule has 1 aromatic rings. The molecule has 2 N–H and O–H groups in total. The fraction of sp³-hybridized carbons (Fsp3) is 0.600. The van der Waals surface area contributed by atoms with Gasteiger partial charge in [0.05, 0.1) is 12.9 Å². The second kappa shape index (κ2) is 3.52. The standard InChI is InChI=1S/C10H15NO2/c12-8-10(4-2-5-11-10)7-9-3-1-6-13-9/h1,3,6,11-12H,2,4-5,7-8H2. The zero-order valence-electron chi connectivity index (χ0n) is 7.62. The molecule has 1 aromatic heterocycles. The Labute approximate surface area is 77.8 Å². The molecule has 0 radical (unpaired) electrons. The molecule has 72 valence electrons. The minimum atomic E-state index is -0.127. The summed E-state index contributed by atoms with van der Waals surface area (Å²) in [6.07, 6.45) is 4.64. The summed E-state index contributed by atoms with van der Waals surface area (Å²) in [6.45, 7) is 1.19. The summed E-state index contributed by atoms with van der Waals surface area (Å²) in [4.78, 5) is 0. The molecule has 0 amide bonds. The highest BCUT2D eigenvalue weighted by Gasteiger charge is 2.33. The molecule has 1 fully saturated rings. The number of rotatable bonds is 3. The molecular formula is C10H15NO2. The van der Waals surface area contributed by atoms with Crippen LogP contribution in [0.3, 0.4) is 0 Å². The Morgan fingerprint density at radius 3 is 3.08 bits per heavy atom. The quantitative estimate of drug-likeness (QED) is 0.729. The second-order valence-corrected chi connectivity index (χ2v) is 3.72. The predicted octanol–water partition coefficient (Wildman–Crippen LogP) is 0.937. The van der Waals surface area contributed by atoms with Gasteiger partial charge >= 0.3 is 0 Å². The van der Waals surface area contributed by atoms with Crippen LogP contribution in [0.4, 0.5) is 0 Å². The summed E-state index contributed by atoms with van der Waals surface area (Å²) in [5.74, 6) is 0.948. The first-order valence-corrected chi connectivity index (χ1v) is 4.73. The Kier molecular flexibility index (Phi) is 2.38. The third-order valence-electron chi connectivity index (χ3n) is 2.73. The first-order valence-electron chi connectivity index (χ1n) is 4.73. The summed E-state index contributed by atoms with van der Waals surface area (Å²) in [5.41, 5.74) is -0.127. The summed E-state index contributed by atoms with van der Waals surface area (Å²) < 4.78 is 5.27. The van der Waals surface area contributed by atoms with Crippen LogP contribution < -0.4 is 5.32 Å². The lowest BCUT2D eigenvalue weighted by molar-refractivity contribution is 0.171. The lowest BCUT2D eigenvalue weighted by Gasteiger charge is -2.25. The summed E-state index contributed by atoms with van der Waals surface area (Å²) in [6, 6.07) is 3.84. The van der Waals surface area contributed by atoms with Crippen molar-refractivity contribution < 1.29 is 9.52 Å². The van der Waals surface area contributed by atoms with Crippen molar-refractivity contribution >= 4 is 0 Å². The summed E-state index contributed by atoms with van der Waals surface area (Å²) in [7, 11) is 0. The van der Waals surface area contributed by atoms with E-state index in [1.54, 1.807) is 6.26 Å². The molecule has 0 bridgehead atoms. The van der Waals surface area contributed by atoms with Crippen molar-refractivity contribution in [3.63, 3.8) is 0 Å². The van der Waals surface area contributed by atoms with Crippen molar-refractivity contribution in [3.05, 3.63) is 24.2 Å². The van der Waals surface area contributed by atoms with Gasteiger partial charge in [-0.1, -0.05) is 0 Å². The van der Waals surface area contributed by atoms with E-state index < -0.39 is 0 Å². The average Bonchev–Trinajstić information content (AvgIpc) is 2.77. The maximum Gasteiger partial charge on any atom is 0.105 e. The van der Waals surface area contributed by atoms with Gasteiger partial charge in [0, 0.05) is 12.0 Å². The molecule has 1 saturated heterocycles. The molecule has 2 rings (SSSR count). The third-order valence-corrected chi connectivity index (χ3v) is 2.73. The molecule has 13 heavy (non-hydrogen) atoms. The molecular weight excluding hydrogens is 166 g/mol. The van der Waals surface area contributed by atoms with Crippen molar-refractivity contribution in [2.75, 3.05) is 13.2 Å². The summed E-state index contributed by atoms with van der Waals surface area (Å²) in [5, 5.41) is 12.7. The average molecular weight is 181 g/mol. The van der Waals surface area contributed by atoms with Crippen LogP contribution in [0.15, 0.2) is 22.8 Å². The number of aliphatic hydroxyl groups is 1. The number of nitrogens with one attached hydrogen (secondary N) is 1. The van der Waals surface area contributed by atoms with Gasteiger partial charge in [-0.05, 0) is 31.5 Å². The first kappa shape index (κ1) is 8.78. The van der Waals surface area contributed by atoms with E-state index in [2.05, 4.69) is 5.32 Å². The van der Waals surface area contributed by atoms with Crippen LogP contribution in [-0.2, 0) is 6.42 Å². The van der Waals surface area contributed by atoms with Gasteiger partial charge in [0.2, 0.25) is 0 Å². The predicted molar refractivity (Wildman–Crippen MR) is 49.5 cm³/mol. The SMILES string of the molecule is OCC1(Cc2ccco2)CCCN1. The fourth-order valence-electron chi connectivity index (χ4n) is 1.96. The minimum absolute atomic E-state index is 0.127. The first-order chi connectivity index (χ1) is 6.35. The van der Waals surface area contributed by atoms with E-state index in [1.165, 1.54) is 0 Å². The highest BCUT2D eigenvalue weighted by molar-refractivity contribution is 5.07. The molecule has 1 atom stereocenters. The highest BCUT2D eigenvalue weighted by Crippen LogP contribution is 2.23. The zero-order valence-corrected chi connectivity index (χ0v) is 7.62. The van der Waals surface area contributed by atoms with Crippen LogP contribution in [0.2, 0.25) is 0 Å². The van der Waals surface area contributed by atoms with Gasteiger partial charge in [-0.15, -0.1) is 0 Å². The molecule has 0 aromatic carbocycles. The van der Waals surface area contributed by atoms with Gasteiger partial charge in [-0.25, -0.2) is 0 Å². The van der Waals surface area contributed by atoms with Gasteiger partial charge in [0.25, 0.3) is 0 Å². The van der Waals surface area contributed by atoms with Crippen LogP contribution in [0, 0.1) is 0 Å². The Morgan fingerprint density at radius 2 is 2.54 bits per heavy atom. The summed E-state index contributed by atoms with van der Waals surface area (Å²) >= 11 is 0. The largest absolute Gasteiger partial charge is 0.469 e. The molecule has 3 nitrogen and oxygen atoms in total. The maximum atomic E-state index is 9.31. The van der Waals surface area contributed by atoms with E-state index >= 15 is 0 Å². The minimum Gasteiger partial charge on any atom is -0.469 e. The van der Waals surface area contributed by atoms with E-state index in [0.29, 0.717) is 0 Å². The van der Waals surface area contributed by atoms with Gasteiger partial charge in [-0.3, -0.25) is 0 Å². The van der Waals surface area contributed by atoms with Crippen molar-refractivity contribution in [2.45, 2.75) is 24.8 Å². The van der Waals surface area contributed by atoms with Crippen molar-refractivity contribution in [1.29, 1.82) is 0 Å². The van der Waals surface area contributed by atoms with Gasteiger partial charge in [0.15, 0.2) is 0 Å². The lowest BCUT2D eigenvalue weighted by atomic mass is 9.93. The molecule has 1 unspecified atom stereocenters. The molecule has 1 aliphatic heterocycles. The van der Waals surface area contributed by atoms with Gasteiger partial charge < -0.3 is 14.8 Å². The highest BCUT2D eigenvalue weighted by atomic mass is 16.3. The Balaban J connectivity index is 2.06. The topological polar surface area (TPSA) is 45.4 Å². The fourth-order valence-corrected chi connectivity index (χ4v) is 1.96. The molecule has 0 spiro atoms. The van der Waals surface area contributed by atoms with E-state index in [0.717, 1.165) is 31.6 Å². The van der Waals surface area contributed by atoms with Crippen LogP contribution in [-0.4, -0.2) is 23.8 Å². The Bertz CT molecular complexity index is 250. The Hall–Kier alpha value is -0.800. The van der Waals surface area contributed by atoms with Crippen molar-refractivity contribution in [1.82, 2.24) is 5.32 Å². The maximum absolute atomic E-state index is 9.31. The second-order valence-electron chi connectivity index (χ2n) is 3.72.